The van der Waals surface area contributed by atoms with E-state index in [9.17, 15) is 9.90 Å². The molecule has 0 saturated heterocycles. The van der Waals surface area contributed by atoms with Gasteiger partial charge in [0.2, 0.25) is 5.91 Å². The molecule has 1 aliphatic carbocycles. The fraction of sp³-hybridized carbons (Fsp3) is 0.600. The molecule has 0 aliphatic heterocycles. The molecule has 1 aliphatic rings. The first-order chi connectivity index (χ1) is 9.29. The molecule has 104 valence electrons. The Morgan fingerprint density at radius 3 is 2.84 bits per heavy atom. The number of hydrogen-bond donors (Lipinski definition) is 2. The Kier molecular flexibility index (Phi) is 5.33. The first-order valence-electron chi connectivity index (χ1n) is 7.08. The lowest BCUT2D eigenvalue weighted by Gasteiger charge is -2.16. The SMILES string of the molecule is O=C(NCC(CO)Cc1ccccn1)C1CCCC1. The second-order valence-electron chi connectivity index (χ2n) is 5.30. The van der Waals surface area contributed by atoms with E-state index in [1.807, 2.05) is 18.2 Å². The topological polar surface area (TPSA) is 62.2 Å². The van der Waals surface area contributed by atoms with Gasteiger partial charge in [0.05, 0.1) is 0 Å². The van der Waals surface area contributed by atoms with Crippen molar-refractivity contribution in [3.63, 3.8) is 0 Å². The van der Waals surface area contributed by atoms with Crippen LogP contribution in [-0.4, -0.2) is 29.1 Å². The number of aliphatic hydroxyl groups is 1. The number of hydrogen-bond acceptors (Lipinski definition) is 3. The third kappa shape index (κ3) is 4.31. The Hall–Kier alpha value is -1.42. The van der Waals surface area contributed by atoms with Crippen LogP contribution in [0.2, 0.25) is 0 Å². The van der Waals surface area contributed by atoms with Crippen molar-refractivity contribution in [2.45, 2.75) is 32.1 Å². The Balaban J connectivity index is 1.77. The van der Waals surface area contributed by atoms with Crippen molar-refractivity contribution in [2.24, 2.45) is 11.8 Å². The molecule has 0 radical (unpaired) electrons. The van der Waals surface area contributed by atoms with Crippen LogP contribution in [0.15, 0.2) is 24.4 Å². The number of aromatic nitrogens is 1. The summed E-state index contributed by atoms with van der Waals surface area (Å²) in [5.74, 6) is 0.381. The molecule has 1 atom stereocenters. The summed E-state index contributed by atoms with van der Waals surface area (Å²) in [6.45, 7) is 0.601. The van der Waals surface area contributed by atoms with E-state index in [2.05, 4.69) is 10.3 Å². The Labute approximate surface area is 114 Å². The normalized spacial score (nSPS) is 17.3. The Bertz CT molecular complexity index is 388. The highest BCUT2D eigenvalue weighted by atomic mass is 16.3. The largest absolute Gasteiger partial charge is 0.396 e. The van der Waals surface area contributed by atoms with Crippen LogP contribution in [0.4, 0.5) is 0 Å². The van der Waals surface area contributed by atoms with Gasteiger partial charge in [-0.2, -0.15) is 0 Å². The number of pyridine rings is 1. The monoisotopic (exact) mass is 262 g/mol. The predicted molar refractivity (Wildman–Crippen MR) is 73.5 cm³/mol. The van der Waals surface area contributed by atoms with E-state index < -0.39 is 0 Å². The van der Waals surface area contributed by atoms with Crippen molar-refractivity contribution in [3.05, 3.63) is 30.1 Å². The molecule has 2 N–H and O–H groups in total. The fourth-order valence-electron chi connectivity index (χ4n) is 2.59. The van der Waals surface area contributed by atoms with Gasteiger partial charge in [-0.3, -0.25) is 9.78 Å². The van der Waals surface area contributed by atoms with E-state index in [0.29, 0.717) is 13.0 Å². The summed E-state index contributed by atoms with van der Waals surface area (Å²) >= 11 is 0. The van der Waals surface area contributed by atoms with Crippen LogP contribution in [0.5, 0.6) is 0 Å². The number of nitrogens with zero attached hydrogens (tertiary/aromatic N) is 1. The fourth-order valence-corrected chi connectivity index (χ4v) is 2.59. The zero-order chi connectivity index (χ0) is 13.5. The van der Waals surface area contributed by atoms with Crippen molar-refractivity contribution >= 4 is 5.91 Å². The van der Waals surface area contributed by atoms with Crippen molar-refractivity contribution in [2.75, 3.05) is 13.2 Å². The highest BCUT2D eigenvalue weighted by Gasteiger charge is 2.23. The minimum Gasteiger partial charge on any atom is -0.396 e. The summed E-state index contributed by atoms with van der Waals surface area (Å²) in [5.41, 5.74) is 0.955. The molecule has 0 spiro atoms. The molecule has 1 amide bonds. The summed E-state index contributed by atoms with van der Waals surface area (Å²) in [6.07, 6.45) is 6.79. The summed E-state index contributed by atoms with van der Waals surface area (Å²) in [4.78, 5) is 16.2. The van der Waals surface area contributed by atoms with Crippen molar-refractivity contribution in [1.29, 1.82) is 0 Å². The van der Waals surface area contributed by atoms with Crippen LogP contribution in [-0.2, 0) is 11.2 Å². The van der Waals surface area contributed by atoms with Crippen LogP contribution in [0.25, 0.3) is 0 Å². The lowest BCUT2D eigenvalue weighted by molar-refractivity contribution is -0.125. The average molecular weight is 262 g/mol. The summed E-state index contributed by atoms with van der Waals surface area (Å²) in [5, 5.41) is 12.4. The molecular weight excluding hydrogens is 240 g/mol. The van der Waals surface area contributed by atoms with Crippen molar-refractivity contribution < 1.29 is 9.90 Å². The molecule has 1 heterocycles. The third-order valence-electron chi connectivity index (χ3n) is 3.77. The lowest BCUT2D eigenvalue weighted by Crippen LogP contribution is -2.35. The van der Waals surface area contributed by atoms with Gasteiger partial charge in [0, 0.05) is 36.9 Å². The second kappa shape index (κ2) is 7.24. The number of rotatable bonds is 6. The summed E-state index contributed by atoms with van der Waals surface area (Å²) in [7, 11) is 0. The van der Waals surface area contributed by atoms with Crippen LogP contribution >= 0.6 is 0 Å². The molecule has 0 aromatic carbocycles. The molecular formula is C15H22N2O2. The minimum absolute atomic E-state index is 0.0419. The van der Waals surface area contributed by atoms with Crippen LogP contribution in [0.1, 0.15) is 31.4 Å². The number of carbonyl (C=O) groups excluding carboxylic acids is 1. The average Bonchev–Trinajstić information content (AvgIpc) is 2.98. The standard InChI is InChI=1S/C15H22N2O2/c18-11-12(9-14-7-3-4-8-16-14)10-17-15(19)13-5-1-2-6-13/h3-4,7-8,12-13,18H,1-2,5-6,9-11H2,(H,17,19). The minimum atomic E-state index is 0.0419. The van der Waals surface area contributed by atoms with E-state index in [-0.39, 0.29) is 24.3 Å². The molecule has 1 fully saturated rings. The quantitative estimate of drug-likeness (QED) is 0.817. The van der Waals surface area contributed by atoms with Gasteiger partial charge in [0.1, 0.15) is 0 Å². The van der Waals surface area contributed by atoms with E-state index >= 15 is 0 Å². The van der Waals surface area contributed by atoms with E-state index in [4.69, 9.17) is 0 Å². The molecule has 1 aromatic heterocycles. The summed E-state index contributed by atoms with van der Waals surface area (Å²) in [6, 6.07) is 5.76. The molecule has 0 bridgehead atoms. The Morgan fingerprint density at radius 2 is 2.21 bits per heavy atom. The van der Waals surface area contributed by atoms with Crippen molar-refractivity contribution in [3.8, 4) is 0 Å². The Morgan fingerprint density at radius 1 is 1.42 bits per heavy atom. The van der Waals surface area contributed by atoms with Gasteiger partial charge < -0.3 is 10.4 Å². The van der Waals surface area contributed by atoms with E-state index in [1.165, 1.54) is 0 Å². The van der Waals surface area contributed by atoms with Gasteiger partial charge in [-0.25, -0.2) is 0 Å². The lowest BCUT2D eigenvalue weighted by atomic mass is 10.0. The molecule has 1 saturated carbocycles. The summed E-state index contributed by atoms with van der Waals surface area (Å²) < 4.78 is 0. The van der Waals surface area contributed by atoms with E-state index in [0.717, 1.165) is 31.4 Å². The number of amides is 1. The van der Waals surface area contributed by atoms with Crippen LogP contribution in [0, 0.1) is 11.8 Å². The van der Waals surface area contributed by atoms with Gasteiger partial charge in [-0.05, 0) is 31.4 Å². The maximum Gasteiger partial charge on any atom is 0.223 e. The van der Waals surface area contributed by atoms with Gasteiger partial charge in [0.25, 0.3) is 0 Å². The molecule has 1 unspecified atom stereocenters. The van der Waals surface area contributed by atoms with Gasteiger partial charge in [-0.1, -0.05) is 18.9 Å². The second-order valence-corrected chi connectivity index (χ2v) is 5.30. The van der Waals surface area contributed by atoms with Gasteiger partial charge in [0.15, 0.2) is 0 Å². The number of nitrogens with one attached hydrogen (secondary N) is 1. The number of aliphatic hydroxyl groups excluding tert-OH is 1. The highest BCUT2D eigenvalue weighted by Crippen LogP contribution is 2.24. The molecule has 4 nitrogen and oxygen atoms in total. The maximum atomic E-state index is 11.9. The molecule has 1 aromatic rings. The molecule has 2 rings (SSSR count). The maximum absolute atomic E-state index is 11.9. The smallest absolute Gasteiger partial charge is 0.223 e. The number of carbonyl (C=O) groups is 1. The first-order valence-corrected chi connectivity index (χ1v) is 7.08. The zero-order valence-corrected chi connectivity index (χ0v) is 11.2. The van der Waals surface area contributed by atoms with Gasteiger partial charge in [-0.15, -0.1) is 0 Å². The van der Waals surface area contributed by atoms with Crippen LogP contribution in [0.3, 0.4) is 0 Å². The van der Waals surface area contributed by atoms with Crippen molar-refractivity contribution in [1.82, 2.24) is 10.3 Å². The van der Waals surface area contributed by atoms with Gasteiger partial charge >= 0.3 is 0 Å². The third-order valence-corrected chi connectivity index (χ3v) is 3.77. The zero-order valence-electron chi connectivity index (χ0n) is 11.2. The first kappa shape index (κ1) is 14.0. The molecule has 19 heavy (non-hydrogen) atoms. The predicted octanol–water partition coefficient (Wildman–Crippen LogP) is 1.54. The molecule has 4 heteroatoms. The van der Waals surface area contributed by atoms with Crippen LogP contribution < -0.4 is 5.32 Å². The highest BCUT2D eigenvalue weighted by molar-refractivity contribution is 5.78. The van der Waals surface area contributed by atoms with E-state index in [1.54, 1.807) is 6.20 Å².